The standard InChI is InChI=1S/C25H30N2S/c1-17(2)23-20-15-25(3,4)11-10-22(20)28-24(23)19-14-18(16-26)8-9-21(19)27-12-6-5-7-13-27/h8-9,14H,1,5-7,10-13,15H2,2-4H3. The molecule has 146 valence electrons. The molecule has 4 rings (SSSR count). The van der Waals surface area contributed by atoms with Gasteiger partial charge < -0.3 is 4.90 Å². The molecule has 0 N–H and O–H groups in total. The molecule has 2 aliphatic rings. The lowest BCUT2D eigenvalue weighted by molar-refractivity contribution is 0.317. The van der Waals surface area contributed by atoms with Gasteiger partial charge in [0.2, 0.25) is 0 Å². The van der Waals surface area contributed by atoms with Crippen molar-refractivity contribution in [3.63, 3.8) is 0 Å². The van der Waals surface area contributed by atoms with E-state index in [4.69, 9.17) is 0 Å². The summed E-state index contributed by atoms with van der Waals surface area (Å²) in [6.45, 7) is 13.5. The fourth-order valence-corrected chi connectivity index (χ4v) is 6.18. The monoisotopic (exact) mass is 390 g/mol. The number of aryl methyl sites for hydroxylation is 1. The molecule has 0 amide bonds. The average molecular weight is 391 g/mol. The van der Waals surface area contributed by atoms with Gasteiger partial charge in [-0.2, -0.15) is 5.26 Å². The normalized spacial score (nSPS) is 18.4. The van der Waals surface area contributed by atoms with Gasteiger partial charge in [0.15, 0.2) is 0 Å². The fourth-order valence-electron chi connectivity index (χ4n) is 4.76. The highest BCUT2D eigenvalue weighted by molar-refractivity contribution is 7.16. The van der Waals surface area contributed by atoms with Crippen LogP contribution in [0.3, 0.4) is 0 Å². The predicted octanol–water partition coefficient (Wildman–Crippen LogP) is 6.83. The zero-order valence-electron chi connectivity index (χ0n) is 17.4. The van der Waals surface area contributed by atoms with Crippen LogP contribution < -0.4 is 4.90 Å². The molecule has 2 aromatic rings. The van der Waals surface area contributed by atoms with Crippen LogP contribution in [-0.2, 0) is 12.8 Å². The van der Waals surface area contributed by atoms with Crippen molar-refractivity contribution in [2.75, 3.05) is 18.0 Å². The molecule has 1 aliphatic heterocycles. The topological polar surface area (TPSA) is 27.0 Å². The molecule has 2 heterocycles. The van der Waals surface area contributed by atoms with E-state index in [9.17, 15) is 5.26 Å². The maximum Gasteiger partial charge on any atom is 0.0991 e. The largest absolute Gasteiger partial charge is 0.371 e. The van der Waals surface area contributed by atoms with E-state index < -0.39 is 0 Å². The number of rotatable bonds is 3. The Hall–Kier alpha value is -2.05. The zero-order chi connectivity index (χ0) is 19.9. The van der Waals surface area contributed by atoms with E-state index in [-0.39, 0.29) is 0 Å². The maximum absolute atomic E-state index is 9.54. The van der Waals surface area contributed by atoms with Crippen LogP contribution in [0.1, 0.15) is 68.0 Å². The Morgan fingerprint density at radius 3 is 2.64 bits per heavy atom. The van der Waals surface area contributed by atoms with Gasteiger partial charge in [-0.05, 0) is 85.8 Å². The molecule has 1 aromatic carbocycles. The summed E-state index contributed by atoms with van der Waals surface area (Å²) < 4.78 is 0. The highest BCUT2D eigenvalue weighted by atomic mass is 32.1. The van der Waals surface area contributed by atoms with Crippen LogP contribution in [0.25, 0.3) is 16.0 Å². The molecular formula is C25H30N2S. The second-order valence-electron chi connectivity index (χ2n) is 9.22. The van der Waals surface area contributed by atoms with Crippen molar-refractivity contribution in [3.8, 4) is 16.5 Å². The summed E-state index contributed by atoms with van der Waals surface area (Å²) in [6.07, 6.45) is 7.35. The first kappa shape index (κ1) is 19.3. The first-order valence-corrected chi connectivity index (χ1v) is 11.3. The van der Waals surface area contributed by atoms with Crippen molar-refractivity contribution in [2.24, 2.45) is 5.41 Å². The number of hydrogen-bond acceptors (Lipinski definition) is 3. The Morgan fingerprint density at radius 1 is 1.21 bits per heavy atom. The Kier molecular flexibility index (Phi) is 5.10. The SMILES string of the molecule is C=C(C)c1c(-c2cc(C#N)ccc2N2CCCCC2)sc2c1CC(C)(C)CC2. The molecule has 0 atom stereocenters. The summed E-state index contributed by atoms with van der Waals surface area (Å²) in [7, 11) is 0. The number of nitriles is 1. The Balaban J connectivity index is 1.90. The van der Waals surface area contributed by atoms with Gasteiger partial charge in [0.1, 0.15) is 0 Å². The van der Waals surface area contributed by atoms with Crippen molar-refractivity contribution in [3.05, 3.63) is 46.3 Å². The summed E-state index contributed by atoms with van der Waals surface area (Å²) in [5.74, 6) is 0. The third kappa shape index (κ3) is 3.51. The Labute approximate surface area is 173 Å². The number of thiophene rings is 1. The molecule has 3 heteroatoms. The first-order valence-electron chi connectivity index (χ1n) is 10.5. The molecule has 2 nitrogen and oxygen atoms in total. The molecule has 1 aromatic heterocycles. The van der Waals surface area contributed by atoms with Crippen LogP contribution in [0, 0.1) is 16.7 Å². The van der Waals surface area contributed by atoms with Crippen molar-refractivity contribution in [2.45, 2.75) is 59.3 Å². The lowest BCUT2D eigenvalue weighted by atomic mass is 9.75. The van der Waals surface area contributed by atoms with Crippen LogP contribution in [-0.4, -0.2) is 13.1 Å². The number of fused-ring (bicyclic) bond motifs is 1. The number of nitrogens with zero attached hydrogens (tertiary/aromatic N) is 2. The number of hydrogen-bond donors (Lipinski definition) is 0. The van der Waals surface area contributed by atoms with Gasteiger partial charge >= 0.3 is 0 Å². The second-order valence-corrected chi connectivity index (χ2v) is 10.3. The molecule has 0 spiro atoms. The minimum absolute atomic E-state index is 0.347. The van der Waals surface area contributed by atoms with E-state index in [2.05, 4.69) is 50.5 Å². The third-order valence-corrected chi connectivity index (χ3v) is 7.59. The summed E-state index contributed by atoms with van der Waals surface area (Å²) in [4.78, 5) is 5.37. The van der Waals surface area contributed by atoms with Crippen molar-refractivity contribution >= 4 is 22.6 Å². The zero-order valence-corrected chi connectivity index (χ0v) is 18.2. The summed E-state index contributed by atoms with van der Waals surface area (Å²) in [5, 5.41) is 9.54. The van der Waals surface area contributed by atoms with Crippen LogP contribution >= 0.6 is 11.3 Å². The van der Waals surface area contributed by atoms with E-state index in [0.29, 0.717) is 5.41 Å². The van der Waals surface area contributed by atoms with Gasteiger partial charge in [-0.15, -0.1) is 11.3 Å². The van der Waals surface area contributed by atoms with E-state index in [0.717, 1.165) is 37.1 Å². The van der Waals surface area contributed by atoms with E-state index in [1.54, 1.807) is 0 Å². The molecule has 0 saturated carbocycles. The second kappa shape index (κ2) is 7.41. The van der Waals surface area contributed by atoms with E-state index >= 15 is 0 Å². The van der Waals surface area contributed by atoms with Gasteiger partial charge in [-0.25, -0.2) is 0 Å². The van der Waals surface area contributed by atoms with Crippen LogP contribution in [0.15, 0.2) is 24.8 Å². The molecule has 1 fully saturated rings. The number of piperidine rings is 1. The van der Waals surface area contributed by atoms with Crippen molar-refractivity contribution in [1.82, 2.24) is 0 Å². The highest BCUT2D eigenvalue weighted by Gasteiger charge is 2.31. The number of allylic oxidation sites excluding steroid dienone is 1. The highest BCUT2D eigenvalue weighted by Crippen LogP contribution is 2.49. The van der Waals surface area contributed by atoms with Gasteiger partial charge in [-0.1, -0.05) is 20.4 Å². The van der Waals surface area contributed by atoms with Crippen molar-refractivity contribution in [1.29, 1.82) is 5.26 Å². The lowest BCUT2D eigenvalue weighted by Gasteiger charge is -2.31. The van der Waals surface area contributed by atoms with Crippen LogP contribution in [0.2, 0.25) is 0 Å². The summed E-state index contributed by atoms with van der Waals surface area (Å²) in [6, 6.07) is 8.61. The molecule has 1 saturated heterocycles. The van der Waals surface area contributed by atoms with Crippen molar-refractivity contribution < 1.29 is 0 Å². The minimum Gasteiger partial charge on any atom is -0.371 e. The molecule has 0 radical (unpaired) electrons. The molecule has 0 unspecified atom stereocenters. The van der Waals surface area contributed by atoms with Gasteiger partial charge in [0, 0.05) is 34.1 Å². The molecule has 1 aliphatic carbocycles. The van der Waals surface area contributed by atoms with Gasteiger partial charge in [0.25, 0.3) is 0 Å². The first-order chi connectivity index (χ1) is 13.4. The van der Waals surface area contributed by atoms with E-state index in [1.807, 2.05) is 17.4 Å². The molecular weight excluding hydrogens is 360 g/mol. The molecule has 0 bridgehead atoms. The summed E-state index contributed by atoms with van der Waals surface area (Å²) in [5.41, 5.74) is 7.62. The maximum atomic E-state index is 9.54. The van der Waals surface area contributed by atoms with Crippen LogP contribution in [0.5, 0.6) is 0 Å². The van der Waals surface area contributed by atoms with Gasteiger partial charge in [-0.3, -0.25) is 0 Å². The Bertz CT molecular complexity index is 952. The van der Waals surface area contributed by atoms with E-state index in [1.165, 1.54) is 57.8 Å². The minimum atomic E-state index is 0.347. The smallest absolute Gasteiger partial charge is 0.0991 e. The average Bonchev–Trinajstić information content (AvgIpc) is 3.05. The fraction of sp³-hybridized carbons (Fsp3) is 0.480. The lowest BCUT2D eigenvalue weighted by Crippen LogP contribution is -2.29. The number of anilines is 1. The number of benzene rings is 1. The third-order valence-electron chi connectivity index (χ3n) is 6.27. The van der Waals surface area contributed by atoms with Crippen LogP contribution in [0.4, 0.5) is 5.69 Å². The molecule has 28 heavy (non-hydrogen) atoms. The Morgan fingerprint density at radius 2 is 1.96 bits per heavy atom. The predicted molar refractivity (Wildman–Crippen MR) is 121 cm³/mol. The summed E-state index contributed by atoms with van der Waals surface area (Å²) >= 11 is 1.94. The van der Waals surface area contributed by atoms with Gasteiger partial charge in [0.05, 0.1) is 11.6 Å². The quantitative estimate of drug-likeness (QED) is 0.574.